The van der Waals surface area contributed by atoms with Crippen molar-refractivity contribution >= 4 is 9.24 Å². The molecule has 4 rings (SSSR count). The van der Waals surface area contributed by atoms with E-state index in [-0.39, 0.29) is 22.4 Å². The lowest BCUT2D eigenvalue weighted by molar-refractivity contribution is -0.00000513. The average molecular weight is 447 g/mol. The lowest BCUT2D eigenvalue weighted by atomic mass is 9.65. The summed E-state index contributed by atoms with van der Waals surface area (Å²) in [5, 5.41) is 0. The summed E-state index contributed by atoms with van der Waals surface area (Å²) in [6.07, 6.45) is 0. The first-order valence-corrected chi connectivity index (χ1v) is 10.2. The molecule has 0 fully saturated rings. The number of hydrogen-bond donors (Lipinski definition) is 0. The molecule has 4 aromatic carbocycles. The summed E-state index contributed by atoms with van der Waals surface area (Å²) < 4.78 is 0. The van der Waals surface area contributed by atoms with E-state index in [0.717, 1.165) is 0 Å². The van der Waals surface area contributed by atoms with Gasteiger partial charge in [-0.05, 0) is 31.5 Å². The minimum absolute atomic E-state index is 0. The second-order valence-corrected chi connectivity index (χ2v) is 7.69. The number of halogens is 1. The molecule has 0 amide bonds. The highest BCUT2D eigenvalue weighted by atomic mass is 79.9. The smallest absolute Gasteiger partial charge is 0.105 e. The predicted molar refractivity (Wildman–Crippen MR) is 119 cm³/mol. The van der Waals surface area contributed by atoms with Gasteiger partial charge in [-0.3, -0.25) is 0 Å². The van der Waals surface area contributed by atoms with Gasteiger partial charge in [0.25, 0.3) is 0 Å². The molecular weight excluding hydrogens is 423 g/mol. The summed E-state index contributed by atoms with van der Waals surface area (Å²) in [6, 6.07) is 43.7. The van der Waals surface area contributed by atoms with E-state index >= 15 is 0 Å². The van der Waals surface area contributed by atoms with Crippen molar-refractivity contribution in [1.82, 2.24) is 0 Å². The van der Waals surface area contributed by atoms with Crippen molar-refractivity contribution in [2.45, 2.75) is 11.1 Å². The Morgan fingerprint density at radius 3 is 1.07 bits per heavy atom. The first kappa shape index (κ1) is 20.5. The molecule has 0 aromatic heterocycles. The molecule has 0 bridgehead atoms. The molecule has 0 N–H and O–H groups in total. The van der Waals surface area contributed by atoms with Crippen LogP contribution in [0.1, 0.15) is 27.9 Å². The second-order valence-electron chi connectivity index (χ2n) is 6.87. The van der Waals surface area contributed by atoms with Crippen LogP contribution in [0.4, 0.5) is 0 Å². The fourth-order valence-electron chi connectivity index (χ4n) is 4.14. The Balaban J connectivity index is 0.00000225. The minimum atomic E-state index is -0.246. The highest BCUT2D eigenvalue weighted by Crippen LogP contribution is 2.52. The van der Waals surface area contributed by atoms with Crippen LogP contribution < -0.4 is 17.0 Å². The van der Waals surface area contributed by atoms with Crippen molar-refractivity contribution in [3.63, 3.8) is 0 Å². The van der Waals surface area contributed by atoms with Crippen molar-refractivity contribution in [2.24, 2.45) is 0 Å². The van der Waals surface area contributed by atoms with Crippen LogP contribution in [0.3, 0.4) is 0 Å². The zero-order chi connectivity index (χ0) is 18.5. The van der Waals surface area contributed by atoms with Gasteiger partial charge in [-0.2, -0.15) is 0 Å². The fraction of sp³-hybridized carbons (Fsp3) is 0.0769. The molecule has 0 saturated carbocycles. The fourth-order valence-corrected chi connectivity index (χ4v) is 5.12. The van der Waals surface area contributed by atoms with Gasteiger partial charge in [-0.15, -0.1) is 0 Å². The Bertz CT molecular complexity index is 873. The van der Waals surface area contributed by atoms with Gasteiger partial charge < -0.3 is 17.0 Å². The molecule has 0 aliphatic carbocycles. The van der Waals surface area contributed by atoms with E-state index in [1.165, 1.54) is 22.3 Å². The maximum Gasteiger partial charge on any atom is 0.105 e. The molecule has 0 radical (unpaired) electrons. The molecule has 0 spiro atoms. The van der Waals surface area contributed by atoms with Gasteiger partial charge in [0.05, 0.1) is 5.41 Å². The van der Waals surface area contributed by atoms with E-state index in [1.54, 1.807) is 0 Å². The lowest BCUT2D eigenvalue weighted by Gasteiger charge is -2.38. The lowest BCUT2D eigenvalue weighted by Crippen LogP contribution is -3.00. The largest absolute Gasteiger partial charge is 1.00 e. The van der Waals surface area contributed by atoms with Gasteiger partial charge >= 0.3 is 0 Å². The van der Waals surface area contributed by atoms with Crippen molar-refractivity contribution < 1.29 is 17.0 Å². The molecule has 28 heavy (non-hydrogen) atoms. The number of rotatable bonds is 5. The molecule has 0 aliphatic rings. The molecule has 0 nitrogen and oxygen atoms in total. The van der Waals surface area contributed by atoms with Crippen LogP contribution in [-0.2, 0) is 5.41 Å². The van der Waals surface area contributed by atoms with Crippen LogP contribution in [0.15, 0.2) is 121 Å². The summed E-state index contributed by atoms with van der Waals surface area (Å²) in [4.78, 5) is 0. The maximum atomic E-state index is 2.27. The van der Waals surface area contributed by atoms with Gasteiger partial charge in [-0.1, -0.05) is 121 Å². The van der Waals surface area contributed by atoms with E-state index in [2.05, 4.69) is 131 Å². The SMILES string of the molecule is [Br-].[PH3+]C(c1ccccc1)C(c1ccccc1)(c1ccccc1)c1ccccc1. The molecule has 140 valence electrons. The van der Waals surface area contributed by atoms with Gasteiger partial charge in [0.15, 0.2) is 0 Å². The second kappa shape index (κ2) is 9.32. The summed E-state index contributed by atoms with van der Waals surface area (Å²) >= 11 is 0. The molecule has 0 saturated heterocycles. The van der Waals surface area contributed by atoms with E-state index in [4.69, 9.17) is 0 Å². The monoisotopic (exact) mass is 446 g/mol. The zero-order valence-corrected chi connectivity index (χ0v) is 18.7. The van der Waals surface area contributed by atoms with Crippen molar-refractivity contribution in [2.75, 3.05) is 0 Å². The summed E-state index contributed by atoms with van der Waals surface area (Å²) in [7, 11) is 2.09. The summed E-state index contributed by atoms with van der Waals surface area (Å²) in [5.74, 6) is 0. The van der Waals surface area contributed by atoms with Crippen LogP contribution in [-0.4, -0.2) is 0 Å². The topological polar surface area (TPSA) is 0 Å². The Hall–Kier alpha value is -2.21. The van der Waals surface area contributed by atoms with Crippen LogP contribution in [0.5, 0.6) is 0 Å². The standard InChI is InChI=1S/C26H23P.BrH/c27-25(21-13-5-1-6-14-21)26(22-15-7-2-8-16-22,23-17-9-3-10-18-23)24-19-11-4-12-20-24;/h1-20,25H,27H2;1H. The van der Waals surface area contributed by atoms with E-state index in [0.29, 0.717) is 5.66 Å². The zero-order valence-electron chi connectivity index (χ0n) is 15.7. The molecule has 4 aromatic rings. The van der Waals surface area contributed by atoms with Gasteiger partial charge in [0.1, 0.15) is 5.66 Å². The van der Waals surface area contributed by atoms with Crippen molar-refractivity contribution in [3.05, 3.63) is 144 Å². The third-order valence-corrected chi connectivity index (χ3v) is 6.50. The van der Waals surface area contributed by atoms with Gasteiger partial charge in [-0.25, -0.2) is 0 Å². The highest BCUT2D eigenvalue weighted by molar-refractivity contribution is 7.17. The number of benzene rings is 4. The Labute approximate surface area is 180 Å². The van der Waals surface area contributed by atoms with Crippen LogP contribution in [0.25, 0.3) is 0 Å². The summed E-state index contributed by atoms with van der Waals surface area (Å²) in [5.41, 5.74) is 5.38. The van der Waals surface area contributed by atoms with Crippen molar-refractivity contribution in [1.29, 1.82) is 0 Å². The van der Waals surface area contributed by atoms with Crippen LogP contribution >= 0.6 is 9.24 Å². The highest BCUT2D eigenvalue weighted by Gasteiger charge is 2.45. The minimum Gasteiger partial charge on any atom is -1.00 e. The normalized spacial score (nSPS) is 12.1. The van der Waals surface area contributed by atoms with Gasteiger partial charge in [0.2, 0.25) is 0 Å². The molecular formula is C26H24BrP. The third kappa shape index (κ3) is 3.70. The van der Waals surface area contributed by atoms with Crippen molar-refractivity contribution in [3.8, 4) is 0 Å². The molecule has 0 heterocycles. The maximum absolute atomic E-state index is 2.27. The van der Waals surface area contributed by atoms with Gasteiger partial charge in [0, 0.05) is 0 Å². The molecule has 0 aliphatic heterocycles. The molecule has 2 atom stereocenters. The Morgan fingerprint density at radius 2 is 0.750 bits per heavy atom. The van der Waals surface area contributed by atoms with E-state index in [9.17, 15) is 0 Å². The van der Waals surface area contributed by atoms with Crippen LogP contribution in [0, 0.1) is 0 Å². The van der Waals surface area contributed by atoms with E-state index < -0.39 is 0 Å². The summed E-state index contributed by atoms with van der Waals surface area (Å²) in [6.45, 7) is 0. The quantitative estimate of drug-likeness (QED) is 0.325. The van der Waals surface area contributed by atoms with Crippen LogP contribution in [0.2, 0.25) is 0 Å². The molecule has 2 unspecified atom stereocenters. The predicted octanol–water partition coefficient (Wildman–Crippen LogP) is 3.37. The first-order valence-electron chi connectivity index (χ1n) is 9.38. The Kier molecular flexibility index (Phi) is 6.83. The third-order valence-electron chi connectivity index (χ3n) is 5.41. The average Bonchev–Trinajstić information content (AvgIpc) is 2.77. The number of hydrogen-bond acceptors (Lipinski definition) is 0. The van der Waals surface area contributed by atoms with E-state index in [1.807, 2.05) is 0 Å². The molecule has 2 heteroatoms. The first-order chi connectivity index (χ1) is 13.3. The Morgan fingerprint density at radius 1 is 0.464 bits per heavy atom.